The normalized spacial score (nSPS) is 12.4. The molecule has 5 heteroatoms. The standard InChI is InChI=1S/C18H28N2O3/c1-15(2)11-20(10-4-9-19)12-17(21)14-23-13-16-5-7-18(22-3)8-6-16/h5-8,15,17,21H,4,10-14H2,1-3H3/t17-/m1/s1. The molecule has 0 aliphatic heterocycles. The van der Waals surface area contributed by atoms with Crippen molar-refractivity contribution in [2.24, 2.45) is 5.92 Å². The summed E-state index contributed by atoms with van der Waals surface area (Å²) in [7, 11) is 1.64. The van der Waals surface area contributed by atoms with Crippen LogP contribution >= 0.6 is 0 Å². The average Bonchev–Trinajstić information content (AvgIpc) is 2.52. The van der Waals surface area contributed by atoms with E-state index in [2.05, 4.69) is 24.8 Å². The Bertz CT molecular complexity index is 468. The van der Waals surface area contributed by atoms with Gasteiger partial charge in [-0.2, -0.15) is 5.26 Å². The maximum Gasteiger partial charge on any atom is 0.118 e. The van der Waals surface area contributed by atoms with E-state index in [-0.39, 0.29) is 6.61 Å². The number of ether oxygens (including phenoxy) is 2. The highest BCUT2D eigenvalue weighted by atomic mass is 16.5. The first-order valence-corrected chi connectivity index (χ1v) is 8.03. The molecular weight excluding hydrogens is 292 g/mol. The number of rotatable bonds is 11. The van der Waals surface area contributed by atoms with Gasteiger partial charge in [-0.25, -0.2) is 0 Å². The lowest BCUT2D eigenvalue weighted by Gasteiger charge is -2.25. The van der Waals surface area contributed by atoms with Gasteiger partial charge in [0, 0.05) is 26.1 Å². The van der Waals surface area contributed by atoms with Gasteiger partial charge >= 0.3 is 0 Å². The predicted octanol–water partition coefficient (Wildman–Crippen LogP) is 2.44. The second-order valence-electron chi connectivity index (χ2n) is 6.08. The van der Waals surface area contributed by atoms with Crippen molar-refractivity contribution in [2.75, 3.05) is 33.4 Å². The van der Waals surface area contributed by atoms with Crippen molar-refractivity contribution < 1.29 is 14.6 Å². The van der Waals surface area contributed by atoms with Gasteiger partial charge in [0.25, 0.3) is 0 Å². The molecule has 1 N–H and O–H groups in total. The van der Waals surface area contributed by atoms with Crippen LogP contribution in [0.3, 0.4) is 0 Å². The highest BCUT2D eigenvalue weighted by Crippen LogP contribution is 2.12. The molecule has 1 rings (SSSR count). The van der Waals surface area contributed by atoms with Gasteiger partial charge in [0.1, 0.15) is 5.75 Å². The van der Waals surface area contributed by atoms with Crippen LogP contribution in [0.2, 0.25) is 0 Å². The number of hydrogen-bond donors (Lipinski definition) is 1. The van der Waals surface area contributed by atoms with E-state index >= 15 is 0 Å². The molecular formula is C18H28N2O3. The van der Waals surface area contributed by atoms with Gasteiger partial charge in [-0.3, -0.25) is 4.90 Å². The quantitative estimate of drug-likeness (QED) is 0.678. The van der Waals surface area contributed by atoms with E-state index in [0.29, 0.717) is 32.0 Å². The van der Waals surface area contributed by atoms with E-state index in [4.69, 9.17) is 14.7 Å². The van der Waals surface area contributed by atoms with E-state index < -0.39 is 6.10 Å². The fourth-order valence-corrected chi connectivity index (χ4v) is 2.37. The molecule has 0 fully saturated rings. The third-order valence-electron chi connectivity index (χ3n) is 3.37. The molecule has 0 spiro atoms. The zero-order chi connectivity index (χ0) is 17.1. The molecule has 5 nitrogen and oxygen atoms in total. The van der Waals surface area contributed by atoms with Gasteiger partial charge in [0.15, 0.2) is 0 Å². The molecule has 0 aromatic heterocycles. The highest BCUT2D eigenvalue weighted by Gasteiger charge is 2.13. The van der Waals surface area contributed by atoms with Gasteiger partial charge in [-0.1, -0.05) is 26.0 Å². The van der Waals surface area contributed by atoms with Gasteiger partial charge in [0.2, 0.25) is 0 Å². The van der Waals surface area contributed by atoms with Crippen LogP contribution in [0.4, 0.5) is 0 Å². The maximum atomic E-state index is 10.1. The second kappa shape index (κ2) is 11.0. The van der Waals surface area contributed by atoms with Gasteiger partial charge in [-0.15, -0.1) is 0 Å². The summed E-state index contributed by atoms with van der Waals surface area (Å²) in [5.74, 6) is 1.32. The summed E-state index contributed by atoms with van der Waals surface area (Å²) in [6.45, 7) is 7.10. The van der Waals surface area contributed by atoms with Crippen LogP contribution in [0.25, 0.3) is 0 Å². The van der Waals surface area contributed by atoms with E-state index in [0.717, 1.165) is 17.9 Å². The molecule has 0 amide bonds. The van der Waals surface area contributed by atoms with Crippen LogP contribution in [-0.2, 0) is 11.3 Å². The molecule has 0 saturated carbocycles. The molecule has 0 saturated heterocycles. The van der Waals surface area contributed by atoms with E-state index in [9.17, 15) is 5.11 Å². The topological polar surface area (TPSA) is 65.7 Å². The van der Waals surface area contributed by atoms with E-state index in [1.54, 1.807) is 7.11 Å². The number of hydrogen-bond acceptors (Lipinski definition) is 5. The van der Waals surface area contributed by atoms with Gasteiger partial charge < -0.3 is 14.6 Å². The molecule has 1 atom stereocenters. The Morgan fingerprint density at radius 1 is 1.22 bits per heavy atom. The van der Waals surface area contributed by atoms with E-state index in [1.807, 2.05) is 24.3 Å². The number of aliphatic hydroxyl groups excluding tert-OH is 1. The maximum absolute atomic E-state index is 10.1. The molecule has 0 unspecified atom stereocenters. The van der Waals surface area contributed by atoms with Gasteiger partial charge in [0.05, 0.1) is 32.5 Å². The summed E-state index contributed by atoms with van der Waals surface area (Å²) in [6.07, 6.45) is -0.0720. The fraction of sp³-hybridized carbons (Fsp3) is 0.611. The minimum atomic E-state index is -0.550. The monoisotopic (exact) mass is 320 g/mol. The van der Waals surface area contributed by atoms with Crippen molar-refractivity contribution in [1.82, 2.24) is 4.90 Å². The Morgan fingerprint density at radius 3 is 2.48 bits per heavy atom. The first kappa shape index (κ1) is 19.4. The summed E-state index contributed by atoms with van der Waals surface area (Å²) in [5.41, 5.74) is 1.04. The van der Waals surface area contributed by atoms with Crippen molar-refractivity contribution in [3.05, 3.63) is 29.8 Å². The minimum Gasteiger partial charge on any atom is -0.497 e. The van der Waals surface area contributed by atoms with Crippen LogP contribution in [0.15, 0.2) is 24.3 Å². The third kappa shape index (κ3) is 8.56. The lowest BCUT2D eigenvalue weighted by molar-refractivity contribution is 0.00855. The molecule has 0 aliphatic carbocycles. The summed E-state index contributed by atoms with van der Waals surface area (Å²) < 4.78 is 10.7. The molecule has 128 valence electrons. The van der Waals surface area contributed by atoms with Crippen LogP contribution in [0, 0.1) is 17.2 Å². The van der Waals surface area contributed by atoms with Gasteiger partial charge in [-0.05, 0) is 23.6 Å². The molecule has 0 radical (unpaired) electrons. The van der Waals surface area contributed by atoms with Crippen molar-refractivity contribution in [3.8, 4) is 11.8 Å². The molecule has 1 aromatic rings. The minimum absolute atomic E-state index is 0.285. The lowest BCUT2D eigenvalue weighted by atomic mass is 10.2. The molecule has 0 heterocycles. The van der Waals surface area contributed by atoms with Crippen molar-refractivity contribution in [3.63, 3.8) is 0 Å². The Morgan fingerprint density at radius 2 is 1.91 bits per heavy atom. The number of methoxy groups -OCH3 is 1. The molecule has 0 aliphatic rings. The lowest BCUT2D eigenvalue weighted by Crippen LogP contribution is -2.37. The van der Waals surface area contributed by atoms with E-state index in [1.165, 1.54) is 0 Å². The Labute approximate surface area is 139 Å². The van der Waals surface area contributed by atoms with Crippen molar-refractivity contribution in [2.45, 2.75) is 33.0 Å². The largest absolute Gasteiger partial charge is 0.497 e. The van der Waals surface area contributed by atoms with Crippen molar-refractivity contribution in [1.29, 1.82) is 5.26 Å². The first-order valence-electron chi connectivity index (χ1n) is 8.03. The molecule has 23 heavy (non-hydrogen) atoms. The highest BCUT2D eigenvalue weighted by molar-refractivity contribution is 5.26. The Balaban J connectivity index is 2.32. The SMILES string of the molecule is COc1ccc(COC[C@H](O)CN(CCC#N)CC(C)C)cc1. The zero-order valence-corrected chi connectivity index (χ0v) is 14.4. The fourth-order valence-electron chi connectivity index (χ4n) is 2.37. The third-order valence-corrected chi connectivity index (χ3v) is 3.37. The zero-order valence-electron chi connectivity index (χ0n) is 14.4. The van der Waals surface area contributed by atoms with Crippen LogP contribution in [-0.4, -0.2) is 49.5 Å². The first-order chi connectivity index (χ1) is 11.0. The van der Waals surface area contributed by atoms with Crippen LogP contribution < -0.4 is 4.74 Å². The van der Waals surface area contributed by atoms with Crippen LogP contribution in [0.5, 0.6) is 5.75 Å². The Hall–Kier alpha value is -1.61. The molecule has 0 bridgehead atoms. The molecule has 1 aromatic carbocycles. The predicted molar refractivity (Wildman–Crippen MR) is 90.2 cm³/mol. The Kier molecular flexibility index (Phi) is 9.30. The number of aliphatic hydroxyl groups is 1. The summed E-state index contributed by atoms with van der Waals surface area (Å²) >= 11 is 0. The van der Waals surface area contributed by atoms with Crippen molar-refractivity contribution >= 4 is 0 Å². The number of nitrogens with zero attached hydrogens (tertiary/aromatic N) is 2. The summed E-state index contributed by atoms with van der Waals surface area (Å²) in [6, 6.07) is 9.83. The second-order valence-corrected chi connectivity index (χ2v) is 6.08. The summed E-state index contributed by atoms with van der Waals surface area (Å²) in [5, 5.41) is 18.8. The number of benzene rings is 1. The number of nitriles is 1. The summed E-state index contributed by atoms with van der Waals surface area (Å²) in [4.78, 5) is 2.12. The average molecular weight is 320 g/mol. The van der Waals surface area contributed by atoms with Crippen LogP contribution in [0.1, 0.15) is 25.8 Å². The smallest absolute Gasteiger partial charge is 0.118 e.